The zero-order chi connectivity index (χ0) is 17.3. The Labute approximate surface area is 143 Å². The second-order valence-corrected chi connectivity index (χ2v) is 6.66. The van der Waals surface area contributed by atoms with Crippen molar-refractivity contribution in [1.82, 2.24) is 4.57 Å². The van der Waals surface area contributed by atoms with Crippen molar-refractivity contribution < 1.29 is 9.59 Å². The summed E-state index contributed by atoms with van der Waals surface area (Å²) >= 11 is 1.57. The predicted octanol–water partition coefficient (Wildman–Crippen LogP) is 3.51. The largest absolute Gasteiger partial charge is 0.366 e. The molecule has 2 heterocycles. The SMILES string of the molecule is Cc1sc(-n2cccc2)c(C(=O)Nc2cccc(C(N)=O)c2)c1C. The Bertz CT molecular complexity index is 910. The fourth-order valence-electron chi connectivity index (χ4n) is 2.47. The molecule has 3 aromatic rings. The number of primary amides is 1. The Kier molecular flexibility index (Phi) is 4.22. The second-order valence-electron chi connectivity index (χ2n) is 5.45. The normalized spacial score (nSPS) is 10.6. The number of nitrogens with one attached hydrogen (secondary N) is 1. The number of carbonyl (C=O) groups excluding carboxylic acids is 2. The minimum Gasteiger partial charge on any atom is -0.366 e. The Morgan fingerprint density at radius 2 is 1.83 bits per heavy atom. The topological polar surface area (TPSA) is 77.1 Å². The summed E-state index contributed by atoms with van der Waals surface area (Å²) in [6.45, 7) is 3.94. The number of hydrogen-bond donors (Lipinski definition) is 2. The molecule has 0 bridgehead atoms. The van der Waals surface area contributed by atoms with Crippen molar-refractivity contribution in [2.24, 2.45) is 5.73 Å². The lowest BCUT2D eigenvalue weighted by molar-refractivity contribution is 0.0996. The van der Waals surface area contributed by atoms with Gasteiger partial charge >= 0.3 is 0 Å². The third kappa shape index (κ3) is 2.96. The fourth-order valence-corrected chi connectivity index (χ4v) is 3.59. The molecule has 0 spiro atoms. The molecule has 24 heavy (non-hydrogen) atoms. The first-order valence-electron chi connectivity index (χ1n) is 7.42. The quantitative estimate of drug-likeness (QED) is 0.763. The van der Waals surface area contributed by atoms with E-state index in [1.165, 1.54) is 0 Å². The molecule has 0 unspecified atom stereocenters. The van der Waals surface area contributed by atoms with Crippen LogP contribution in [0.3, 0.4) is 0 Å². The number of amides is 2. The molecule has 0 radical (unpaired) electrons. The highest BCUT2D eigenvalue weighted by molar-refractivity contribution is 7.15. The fraction of sp³-hybridized carbons (Fsp3) is 0.111. The van der Waals surface area contributed by atoms with Gasteiger partial charge in [-0.1, -0.05) is 6.07 Å². The summed E-state index contributed by atoms with van der Waals surface area (Å²) in [4.78, 5) is 25.2. The Hall–Kier alpha value is -2.86. The van der Waals surface area contributed by atoms with Gasteiger partial charge in [-0.25, -0.2) is 0 Å². The molecule has 0 aliphatic heterocycles. The molecule has 1 aromatic carbocycles. The number of rotatable bonds is 4. The van der Waals surface area contributed by atoms with Crippen LogP contribution in [-0.2, 0) is 0 Å². The van der Waals surface area contributed by atoms with E-state index in [0.717, 1.165) is 15.4 Å². The molecular weight excluding hydrogens is 322 g/mol. The minimum absolute atomic E-state index is 0.206. The van der Waals surface area contributed by atoms with Crippen molar-refractivity contribution in [3.8, 4) is 5.00 Å². The molecule has 0 saturated heterocycles. The van der Waals surface area contributed by atoms with Crippen LogP contribution in [0.15, 0.2) is 48.8 Å². The Morgan fingerprint density at radius 3 is 2.50 bits per heavy atom. The van der Waals surface area contributed by atoms with Crippen LogP contribution in [0.2, 0.25) is 0 Å². The number of nitrogens with zero attached hydrogens (tertiary/aromatic N) is 1. The third-order valence-electron chi connectivity index (χ3n) is 3.84. The van der Waals surface area contributed by atoms with Gasteiger partial charge in [0.2, 0.25) is 5.91 Å². The van der Waals surface area contributed by atoms with Crippen LogP contribution in [-0.4, -0.2) is 16.4 Å². The maximum Gasteiger partial charge on any atom is 0.258 e. The molecule has 3 N–H and O–H groups in total. The van der Waals surface area contributed by atoms with Gasteiger partial charge in [0.1, 0.15) is 5.00 Å². The van der Waals surface area contributed by atoms with Crippen LogP contribution in [0.1, 0.15) is 31.2 Å². The number of carbonyl (C=O) groups is 2. The van der Waals surface area contributed by atoms with Crippen molar-refractivity contribution in [2.45, 2.75) is 13.8 Å². The smallest absolute Gasteiger partial charge is 0.258 e. The lowest BCUT2D eigenvalue weighted by Crippen LogP contribution is -2.16. The molecule has 2 amide bonds. The summed E-state index contributed by atoms with van der Waals surface area (Å²) in [5.41, 5.74) is 7.77. The van der Waals surface area contributed by atoms with Crippen molar-refractivity contribution in [1.29, 1.82) is 0 Å². The van der Waals surface area contributed by atoms with Crippen LogP contribution in [0.25, 0.3) is 5.00 Å². The highest BCUT2D eigenvalue weighted by Gasteiger charge is 2.20. The van der Waals surface area contributed by atoms with E-state index in [1.54, 1.807) is 35.6 Å². The van der Waals surface area contributed by atoms with E-state index in [4.69, 9.17) is 5.73 Å². The van der Waals surface area contributed by atoms with Crippen LogP contribution < -0.4 is 11.1 Å². The van der Waals surface area contributed by atoms with Gasteiger partial charge in [0.05, 0.1) is 5.56 Å². The maximum atomic E-state index is 12.8. The first-order chi connectivity index (χ1) is 11.5. The van der Waals surface area contributed by atoms with Crippen molar-refractivity contribution in [3.63, 3.8) is 0 Å². The Morgan fingerprint density at radius 1 is 1.12 bits per heavy atom. The van der Waals surface area contributed by atoms with E-state index < -0.39 is 5.91 Å². The van der Waals surface area contributed by atoms with E-state index in [-0.39, 0.29) is 5.91 Å². The number of benzene rings is 1. The van der Waals surface area contributed by atoms with Gasteiger partial charge in [0, 0.05) is 28.5 Å². The van der Waals surface area contributed by atoms with Gasteiger partial charge in [-0.05, 0) is 49.7 Å². The van der Waals surface area contributed by atoms with Crippen molar-refractivity contribution >= 4 is 28.8 Å². The van der Waals surface area contributed by atoms with Gasteiger partial charge in [-0.15, -0.1) is 11.3 Å². The molecule has 0 saturated carbocycles. The number of anilines is 1. The van der Waals surface area contributed by atoms with Crippen molar-refractivity contribution in [3.05, 3.63) is 70.4 Å². The number of aryl methyl sites for hydroxylation is 1. The molecule has 122 valence electrons. The third-order valence-corrected chi connectivity index (χ3v) is 5.06. The number of thiophene rings is 1. The standard InChI is InChI=1S/C18H17N3O2S/c1-11-12(2)24-18(21-8-3-4-9-21)15(11)17(23)20-14-7-5-6-13(10-14)16(19)22/h3-10H,1-2H3,(H2,19,22)(H,20,23). The van der Waals surface area contributed by atoms with E-state index in [0.29, 0.717) is 16.8 Å². The van der Waals surface area contributed by atoms with Gasteiger partial charge in [0.25, 0.3) is 5.91 Å². The average molecular weight is 339 g/mol. The highest BCUT2D eigenvalue weighted by Crippen LogP contribution is 2.31. The summed E-state index contributed by atoms with van der Waals surface area (Å²) in [6.07, 6.45) is 3.82. The molecule has 0 aliphatic rings. The van der Waals surface area contributed by atoms with Crippen molar-refractivity contribution in [2.75, 3.05) is 5.32 Å². The predicted molar refractivity (Wildman–Crippen MR) is 96.0 cm³/mol. The minimum atomic E-state index is -0.526. The van der Waals surface area contributed by atoms with E-state index in [9.17, 15) is 9.59 Å². The summed E-state index contributed by atoms with van der Waals surface area (Å²) < 4.78 is 1.93. The highest BCUT2D eigenvalue weighted by atomic mass is 32.1. The second kappa shape index (κ2) is 6.33. The summed E-state index contributed by atoms with van der Waals surface area (Å²) in [6, 6.07) is 10.4. The van der Waals surface area contributed by atoms with E-state index in [1.807, 2.05) is 42.9 Å². The summed E-state index contributed by atoms with van der Waals surface area (Å²) in [5.74, 6) is -0.733. The monoisotopic (exact) mass is 339 g/mol. The van der Waals surface area contributed by atoms with Crippen LogP contribution in [0.5, 0.6) is 0 Å². The first kappa shape index (κ1) is 16.0. The van der Waals surface area contributed by atoms with Crippen LogP contribution in [0, 0.1) is 13.8 Å². The lowest BCUT2D eigenvalue weighted by atomic mass is 10.1. The summed E-state index contributed by atoms with van der Waals surface area (Å²) in [5, 5.41) is 3.73. The number of aromatic nitrogens is 1. The molecule has 3 rings (SSSR count). The molecule has 0 fully saturated rings. The molecule has 5 nitrogen and oxygen atoms in total. The number of hydrogen-bond acceptors (Lipinski definition) is 3. The van der Waals surface area contributed by atoms with Crippen LogP contribution >= 0.6 is 11.3 Å². The van der Waals surface area contributed by atoms with E-state index in [2.05, 4.69) is 5.32 Å². The van der Waals surface area contributed by atoms with Gasteiger partial charge in [-0.2, -0.15) is 0 Å². The zero-order valence-corrected chi connectivity index (χ0v) is 14.2. The Balaban J connectivity index is 1.96. The average Bonchev–Trinajstić information content (AvgIpc) is 3.16. The molecular formula is C18H17N3O2S. The molecule has 6 heteroatoms. The van der Waals surface area contributed by atoms with Crippen LogP contribution in [0.4, 0.5) is 5.69 Å². The molecule has 2 aromatic heterocycles. The maximum absolute atomic E-state index is 12.8. The lowest BCUT2D eigenvalue weighted by Gasteiger charge is -2.09. The molecule has 0 aliphatic carbocycles. The van der Waals surface area contributed by atoms with Gasteiger partial charge in [0.15, 0.2) is 0 Å². The van der Waals surface area contributed by atoms with Gasteiger partial charge in [-0.3, -0.25) is 9.59 Å². The zero-order valence-electron chi connectivity index (χ0n) is 13.4. The number of nitrogens with two attached hydrogens (primary N) is 1. The molecule has 0 atom stereocenters. The summed E-state index contributed by atoms with van der Waals surface area (Å²) in [7, 11) is 0. The van der Waals surface area contributed by atoms with E-state index >= 15 is 0 Å². The first-order valence-corrected chi connectivity index (χ1v) is 8.23. The van der Waals surface area contributed by atoms with Gasteiger partial charge < -0.3 is 15.6 Å².